The van der Waals surface area contributed by atoms with E-state index in [4.69, 9.17) is 5.11 Å². The van der Waals surface area contributed by atoms with E-state index >= 15 is 0 Å². The molecule has 0 aromatic rings. The first kappa shape index (κ1) is 8.54. The third-order valence-corrected chi connectivity index (χ3v) is 2.34. The molecule has 62 valence electrons. The van der Waals surface area contributed by atoms with Crippen LogP contribution in [0.3, 0.4) is 0 Å². The van der Waals surface area contributed by atoms with Gasteiger partial charge in [-0.3, -0.25) is 0 Å². The molecular weight excluding hydrogens is 136 g/mol. The van der Waals surface area contributed by atoms with Crippen LogP contribution in [0.5, 0.6) is 0 Å². The maximum atomic E-state index is 9.01. The van der Waals surface area contributed by atoms with Crippen molar-refractivity contribution >= 4 is 0 Å². The van der Waals surface area contributed by atoms with Gasteiger partial charge in [0.2, 0.25) is 0 Å². The highest BCUT2D eigenvalue weighted by molar-refractivity contribution is 5.15. The van der Waals surface area contributed by atoms with Crippen molar-refractivity contribution in [2.45, 2.75) is 25.7 Å². The fourth-order valence-electron chi connectivity index (χ4n) is 1.69. The molecule has 1 N–H and O–H groups in total. The number of rotatable bonds is 2. The van der Waals surface area contributed by atoms with Crippen molar-refractivity contribution in [1.82, 2.24) is 0 Å². The average molecular weight is 152 g/mol. The zero-order valence-electron chi connectivity index (χ0n) is 6.92. The molecule has 1 heteroatoms. The fourth-order valence-corrected chi connectivity index (χ4v) is 1.69. The molecule has 1 fully saturated rings. The summed E-state index contributed by atoms with van der Waals surface area (Å²) in [5, 5.41) is 9.01. The largest absolute Gasteiger partial charge is 0.396 e. The van der Waals surface area contributed by atoms with Gasteiger partial charge in [0.1, 0.15) is 0 Å². The zero-order valence-corrected chi connectivity index (χ0v) is 6.92. The Labute approximate surface area is 68.4 Å². The first-order valence-electron chi connectivity index (χ1n) is 4.31. The predicted octanol–water partition coefficient (Wildman–Crippen LogP) is 2.28. The molecule has 1 aliphatic rings. The molecule has 0 spiro atoms. The Bertz CT molecular complexity index is 158. The van der Waals surface area contributed by atoms with Gasteiger partial charge < -0.3 is 5.11 Å². The molecule has 11 heavy (non-hydrogen) atoms. The third-order valence-electron chi connectivity index (χ3n) is 2.34. The highest BCUT2D eigenvalue weighted by Crippen LogP contribution is 2.28. The van der Waals surface area contributed by atoms with E-state index in [0.29, 0.717) is 12.5 Å². The molecule has 0 heterocycles. The van der Waals surface area contributed by atoms with Crippen molar-refractivity contribution in [1.29, 1.82) is 0 Å². The molecule has 0 aromatic carbocycles. The summed E-state index contributed by atoms with van der Waals surface area (Å²) >= 11 is 0. The van der Waals surface area contributed by atoms with Crippen molar-refractivity contribution in [3.63, 3.8) is 0 Å². The van der Waals surface area contributed by atoms with Crippen LogP contribution in [0.1, 0.15) is 25.7 Å². The molecule has 1 nitrogen and oxygen atoms in total. The standard InChI is InChI=1S/C10H16O/c1-2-5-9-6-3-4-7-10(9)8-11/h2,5,10-11H,1,3-4,6-8H2/b9-5+. The Morgan fingerprint density at radius 3 is 3.00 bits per heavy atom. The summed E-state index contributed by atoms with van der Waals surface area (Å²) in [6, 6.07) is 0. The summed E-state index contributed by atoms with van der Waals surface area (Å²) in [4.78, 5) is 0. The van der Waals surface area contributed by atoms with Crippen LogP contribution in [0, 0.1) is 5.92 Å². The van der Waals surface area contributed by atoms with Crippen LogP contribution in [-0.2, 0) is 0 Å². The minimum atomic E-state index is 0.305. The number of hydrogen-bond donors (Lipinski definition) is 1. The van der Waals surface area contributed by atoms with Gasteiger partial charge in [-0.2, -0.15) is 0 Å². The van der Waals surface area contributed by atoms with E-state index in [1.807, 2.05) is 6.08 Å². The van der Waals surface area contributed by atoms with E-state index in [1.165, 1.54) is 18.4 Å². The first-order valence-corrected chi connectivity index (χ1v) is 4.31. The van der Waals surface area contributed by atoms with Crippen LogP contribution in [0.25, 0.3) is 0 Å². The van der Waals surface area contributed by atoms with Gasteiger partial charge in [-0.15, -0.1) is 0 Å². The second-order valence-electron chi connectivity index (χ2n) is 3.10. The molecule has 0 amide bonds. The number of hydrogen-bond acceptors (Lipinski definition) is 1. The lowest BCUT2D eigenvalue weighted by atomic mass is 9.84. The number of aliphatic hydroxyl groups excluding tert-OH is 1. The van der Waals surface area contributed by atoms with Crippen molar-refractivity contribution in [2.24, 2.45) is 5.92 Å². The molecule has 1 aliphatic carbocycles. The van der Waals surface area contributed by atoms with Crippen LogP contribution in [-0.4, -0.2) is 11.7 Å². The minimum Gasteiger partial charge on any atom is -0.396 e. The van der Waals surface area contributed by atoms with E-state index in [0.717, 1.165) is 12.8 Å². The van der Waals surface area contributed by atoms with Crippen LogP contribution in [0.2, 0.25) is 0 Å². The summed E-state index contributed by atoms with van der Waals surface area (Å²) in [5.41, 5.74) is 1.38. The van der Waals surface area contributed by atoms with Gasteiger partial charge in [0, 0.05) is 12.5 Å². The van der Waals surface area contributed by atoms with E-state index in [9.17, 15) is 0 Å². The molecule has 0 aliphatic heterocycles. The van der Waals surface area contributed by atoms with E-state index < -0.39 is 0 Å². The van der Waals surface area contributed by atoms with Crippen molar-refractivity contribution in [2.75, 3.05) is 6.61 Å². The molecule has 0 saturated heterocycles. The van der Waals surface area contributed by atoms with Crippen LogP contribution < -0.4 is 0 Å². The van der Waals surface area contributed by atoms with Gasteiger partial charge in [-0.25, -0.2) is 0 Å². The van der Waals surface area contributed by atoms with Gasteiger partial charge in [-0.1, -0.05) is 30.7 Å². The lowest BCUT2D eigenvalue weighted by Crippen LogP contribution is -2.13. The van der Waals surface area contributed by atoms with Crippen LogP contribution in [0.4, 0.5) is 0 Å². The van der Waals surface area contributed by atoms with Gasteiger partial charge in [0.05, 0.1) is 0 Å². The minimum absolute atomic E-state index is 0.305. The summed E-state index contributed by atoms with van der Waals surface area (Å²) < 4.78 is 0. The van der Waals surface area contributed by atoms with Crippen molar-refractivity contribution in [3.05, 3.63) is 24.3 Å². The monoisotopic (exact) mass is 152 g/mol. The number of allylic oxidation sites excluding steroid dienone is 2. The summed E-state index contributed by atoms with van der Waals surface area (Å²) in [6.45, 7) is 3.97. The molecule has 1 saturated carbocycles. The van der Waals surface area contributed by atoms with Crippen molar-refractivity contribution < 1.29 is 5.11 Å². The normalized spacial score (nSPS) is 28.8. The van der Waals surface area contributed by atoms with Gasteiger partial charge in [0.25, 0.3) is 0 Å². The maximum absolute atomic E-state index is 9.01. The summed E-state index contributed by atoms with van der Waals surface area (Å²) in [5.74, 6) is 0.418. The fraction of sp³-hybridized carbons (Fsp3) is 0.600. The highest BCUT2D eigenvalue weighted by Gasteiger charge is 2.16. The Kier molecular flexibility index (Phi) is 3.37. The van der Waals surface area contributed by atoms with Gasteiger partial charge in [-0.05, 0) is 19.3 Å². The molecule has 1 atom stereocenters. The summed E-state index contributed by atoms with van der Waals surface area (Å²) in [7, 11) is 0. The van der Waals surface area contributed by atoms with E-state index in [-0.39, 0.29) is 0 Å². The van der Waals surface area contributed by atoms with E-state index in [2.05, 4.69) is 12.7 Å². The Balaban J connectivity index is 2.58. The van der Waals surface area contributed by atoms with E-state index in [1.54, 1.807) is 0 Å². The van der Waals surface area contributed by atoms with Gasteiger partial charge in [0.15, 0.2) is 0 Å². The molecule has 1 unspecified atom stereocenters. The second kappa shape index (κ2) is 4.35. The second-order valence-corrected chi connectivity index (χ2v) is 3.10. The SMILES string of the molecule is C=C/C=C1\CCCCC1CO. The van der Waals surface area contributed by atoms with Crippen molar-refractivity contribution in [3.8, 4) is 0 Å². The first-order chi connectivity index (χ1) is 5.38. The summed E-state index contributed by atoms with van der Waals surface area (Å²) in [6.07, 6.45) is 8.71. The Morgan fingerprint density at radius 2 is 2.36 bits per heavy atom. The number of aliphatic hydroxyl groups is 1. The highest BCUT2D eigenvalue weighted by atomic mass is 16.3. The topological polar surface area (TPSA) is 20.2 Å². The Morgan fingerprint density at radius 1 is 1.55 bits per heavy atom. The zero-order chi connectivity index (χ0) is 8.10. The molecular formula is C10H16O. The molecule has 0 aromatic heterocycles. The lowest BCUT2D eigenvalue weighted by molar-refractivity contribution is 0.225. The smallest absolute Gasteiger partial charge is 0.0496 e. The predicted molar refractivity (Wildman–Crippen MR) is 47.3 cm³/mol. The van der Waals surface area contributed by atoms with Gasteiger partial charge >= 0.3 is 0 Å². The third kappa shape index (κ3) is 2.19. The Hall–Kier alpha value is -0.560. The molecule has 1 rings (SSSR count). The average Bonchev–Trinajstić information content (AvgIpc) is 2.06. The lowest BCUT2D eigenvalue weighted by Gasteiger charge is -2.22. The quantitative estimate of drug-likeness (QED) is 0.643. The molecule has 0 bridgehead atoms. The maximum Gasteiger partial charge on any atom is 0.0496 e. The van der Waals surface area contributed by atoms with Crippen LogP contribution >= 0.6 is 0 Å². The van der Waals surface area contributed by atoms with Crippen LogP contribution in [0.15, 0.2) is 24.3 Å². The molecule has 0 radical (unpaired) electrons.